The van der Waals surface area contributed by atoms with Crippen LogP contribution in [0.5, 0.6) is 0 Å². The fourth-order valence-electron chi connectivity index (χ4n) is 4.64. The molecule has 2 heteroatoms. The Morgan fingerprint density at radius 3 is 3.18 bits per heavy atom. The molecule has 2 fully saturated rings. The Morgan fingerprint density at radius 1 is 1.65 bits per heavy atom. The Morgan fingerprint density at radius 2 is 2.47 bits per heavy atom. The quantitative estimate of drug-likeness (QED) is 0.795. The summed E-state index contributed by atoms with van der Waals surface area (Å²) in [5.41, 5.74) is 7.21. The van der Waals surface area contributed by atoms with Crippen molar-refractivity contribution < 1.29 is 4.79 Å². The number of nitrogens with two attached hydrogens (primary N) is 1. The zero-order valence-electron chi connectivity index (χ0n) is 10.4. The van der Waals surface area contributed by atoms with Gasteiger partial charge in [0.2, 0.25) is 5.91 Å². The summed E-state index contributed by atoms with van der Waals surface area (Å²) in [4.78, 5) is 11.7. The van der Waals surface area contributed by atoms with E-state index in [9.17, 15) is 4.79 Å². The van der Waals surface area contributed by atoms with E-state index in [1.54, 1.807) is 0 Å². The number of carbonyl (C=O) groups is 1. The first-order chi connectivity index (χ1) is 8.19. The molecular weight excluding hydrogens is 210 g/mol. The third kappa shape index (κ3) is 1.36. The summed E-state index contributed by atoms with van der Waals surface area (Å²) in [5.74, 6) is 1.35. The average Bonchev–Trinajstić information content (AvgIpc) is 2.83. The van der Waals surface area contributed by atoms with E-state index >= 15 is 0 Å². The van der Waals surface area contributed by atoms with Crippen LogP contribution in [0, 0.1) is 29.2 Å². The van der Waals surface area contributed by atoms with Crippen LogP contribution in [0.15, 0.2) is 17.7 Å². The molecule has 4 atom stereocenters. The standard InChI is InChI=1S/C15H20NO/c1-2-7-15-9-10(8-13(15)14(16)17)11-5-3-4-6-12(11)15/h3,6,10-11,13H,2,5,7-9H2,1H3,(H2,16,17). The predicted molar refractivity (Wildman–Crippen MR) is 66.8 cm³/mol. The summed E-state index contributed by atoms with van der Waals surface area (Å²) in [6.07, 6.45) is 13.1. The second-order valence-corrected chi connectivity index (χ2v) is 5.87. The van der Waals surface area contributed by atoms with Gasteiger partial charge in [-0.2, -0.15) is 0 Å². The fourth-order valence-corrected chi connectivity index (χ4v) is 4.64. The number of hydrogen-bond acceptors (Lipinski definition) is 1. The minimum absolute atomic E-state index is 0.0786. The van der Waals surface area contributed by atoms with Crippen LogP contribution in [0.4, 0.5) is 0 Å². The molecule has 2 bridgehead atoms. The van der Waals surface area contributed by atoms with Gasteiger partial charge < -0.3 is 5.73 Å². The highest BCUT2D eigenvalue weighted by Crippen LogP contribution is 2.66. The first kappa shape index (κ1) is 11.1. The van der Waals surface area contributed by atoms with Gasteiger partial charge in [0.1, 0.15) is 0 Å². The van der Waals surface area contributed by atoms with E-state index in [1.807, 2.05) is 0 Å². The molecule has 2 nitrogen and oxygen atoms in total. The van der Waals surface area contributed by atoms with Gasteiger partial charge in [0.15, 0.2) is 0 Å². The highest BCUT2D eigenvalue weighted by molar-refractivity contribution is 5.79. The molecule has 0 heterocycles. The Labute approximate surface area is 103 Å². The van der Waals surface area contributed by atoms with Crippen molar-refractivity contribution in [3.05, 3.63) is 23.8 Å². The summed E-state index contributed by atoms with van der Waals surface area (Å²) in [5, 5.41) is 0. The maximum Gasteiger partial charge on any atom is 0.221 e. The van der Waals surface area contributed by atoms with Gasteiger partial charge in [0.05, 0.1) is 0 Å². The smallest absolute Gasteiger partial charge is 0.221 e. The van der Waals surface area contributed by atoms with Crippen LogP contribution in [0.1, 0.15) is 39.0 Å². The van der Waals surface area contributed by atoms with Crippen LogP contribution in [-0.2, 0) is 4.79 Å². The van der Waals surface area contributed by atoms with Gasteiger partial charge in [-0.05, 0) is 43.6 Å². The molecule has 1 radical (unpaired) electrons. The molecule has 0 aliphatic heterocycles. The molecule has 4 unspecified atom stereocenters. The van der Waals surface area contributed by atoms with Crippen LogP contribution in [0.2, 0.25) is 0 Å². The monoisotopic (exact) mass is 230 g/mol. The van der Waals surface area contributed by atoms with Crippen LogP contribution < -0.4 is 5.73 Å². The zero-order valence-corrected chi connectivity index (χ0v) is 10.4. The Kier molecular flexibility index (Phi) is 2.42. The van der Waals surface area contributed by atoms with Crippen LogP contribution in [0.3, 0.4) is 0 Å². The van der Waals surface area contributed by atoms with E-state index in [1.165, 1.54) is 12.0 Å². The molecule has 3 aliphatic carbocycles. The summed E-state index contributed by atoms with van der Waals surface area (Å²) in [6, 6.07) is 0. The largest absolute Gasteiger partial charge is 0.369 e. The van der Waals surface area contributed by atoms with Crippen molar-refractivity contribution in [1.29, 1.82) is 0 Å². The minimum Gasteiger partial charge on any atom is -0.369 e. The molecule has 0 saturated heterocycles. The molecule has 0 aromatic rings. The first-order valence-electron chi connectivity index (χ1n) is 6.76. The first-order valence-corrected chi connectivity index (χ1v) is 6.76. The second kappa shape index (κ2) is 3.72. The van der Waals surface area contributed by atoms with Gasteiger partial charge in [-0.25, -0.2) is 0 Å². The molecule has 3 rings (SSSR count). The molecule has 0 spiro atoms. The lowest BCUT2D eigenvalue weighted by molar-refractivity contribution is -0.124. The van der Waals surface area contributed by atoms with Crippen molar-refractivity contribution in [1.82, 2.24) is 0 Å². The lowest BCUT2D eigenvalue weighted by Gasteiger charge is -2.39. The molecule has 2 saturated carbocycles. The van der Waals surface area contributed by atoms with Gasteiger partial charge >= 0.3 is 0 Å². The van der Waals surface area contributed by atoms with E-state index in [-0.39, 0.29) is 17.2 Å². The maximum atomic E-state index is 11.7. The molecular formula is C15H20NO. The lowest BCUT2D eigenvalue weighted by atomic mass is 9.64. The van der Waals surface area contributed by atoms with E-state index in [2.05, 4.69) is 25.2 Å². The Balaban J connectivity index is 2.03. The van der Waals surface area contributed by atoms with Crippen molar-refractivity contribution in [3.63, 3.8) is 0 Å². The third-order valence-corrected chi connectivity index (χ3v) is 5.14. The number of primary amides is 1. The van der Waals surface area contributed by atoms with Crippen LogP contribution in [0.25, 0.3) is 0 Å². The van der Waals surface area contributed by atoms with Crippen molar-refractivity contribution >= 4 is 5.91 Å². The van der Waals surface area contributed by atoms with Gasteiger partial charge in [0.25, 0.3) is 0 Å². The van der Waals surface area contributed by atoms with Gasteiger partial charge in [0, 0.05) is 11.3 Å². The van der Waals surface area contributed by atoms with Gasteiger partial charge in [-0.1, -0.05) is 31.1 Å². The molecule has 17 heavy (non-hydrogen) atoms. The maximum absolute atomic E-state index is 11.7. The molecule has 91 valence electrons. The number of allylic oxidation sites excluding steroid dienone is 4. The summed E-state index contributed by atoms with van der Waals surface area (Å²) in [6.45, 7) is 2.20. The van der Waals surface area contributed by atoms with E-state index in [0.29, 0.717) is 11.8 Å². The summed E-state index contributed by atoms with van der Waals surface area (Å²) < 4.78 is 0. The van der Waals surface area contributed by atoms with Crippen molar-refractivity contribution in [3.8, 4) is 0 Å². The number of rotatable bonds is 3. The van der Waals surface area contributed by atoms with E-state index < -0.39 is 0 Å². The number of fused-ring (bicyclic) bond motifs is 5. The van der Waals surface area contributed by atoms with Crippen molar-refractivity contribution in [2.24, 2.45) is 28.9 Å². The number of hydrogen-bond donors (Lipinski definition) is 1. The van der Waals surface area contributed by atoms with Crippen molar-refractivity contribution in [2.45, 2.75) is 39.0 Å². The minimum atomic E-state index is -0.0881. The van der Waals surface area contributed by atoms with E-state index in [0.717, 1.165) is 25.7 Å². The van der Waals surface area contributed by atoms with Crippen LogP contribution in [-0.4, -0.2) is 5.91 Å². The molecule has 0 aromatic heterocycles. The summed E-state index contributed by atoms with van der Waals surface area (Å²) >= 11 is 0. The molecule has 0 aromatic carbocycles. The average molecular weight is 230 g/mol. The second-order valence-electron chi connectivity index (χ2n) is 5.87. The third-order valence-electron chi connectivity index (χ3n) is 5.14. The Hall–Kier alpha value is -1.05. The number of carbonyl (C=O) groups excluding carboxylic acids is 1. The highest BCUT2D eigenvalue weighted by atomic mass is 16.1. The van der Waals surface area contributed by atoms with Crippen LogP contribution >= 0.6 is 0 Å². The predicted octanol–water partition coefficient (Wildman–Crippen LogP) is 2.60. The topological polar surface area (TPSA) is 43.1 Å². The van der Waals surface area contributed by atoms with Crippen molar-refractivity contribution in [2.75, 3.05) is 0 Å². The molecule has 1 amide bonds. The summed E-state index contributed by atoms with van der Waals surface area (Å²) in [7, 11) is 0. The normalized spacial score (nSPS) is 42.4. The number of amides is 1. The fraction of sp³-hybridized carbons (Fsp3) is 0.667. The SMILES string of the molecule is CCCC12CC(CC1C(N)=O)C1CC=[C]C=C12. The highest BCUT2D eigenvalue weighted by Gasteiger charge is 2.60. The molecule has 2 N–H and O–H groups in total. The molecule has 3 aliphatic rings. The van der Waals surface area contributed by atoms with Gasteiger partial charge in [-0.15, -0.1) is 0 Å². The van der Waals surface area contributed by atoms with E-state index in [4.69, 9.17) is 5.73 Å². The van der Waals surface area contributed by atoms with Gasteiger partial charge in [-0.3, -0.25) is 4.79 Å². The lowest BCUT2D eigenvalue weighted by Crippen LogP contribution is -2.39. The Bertz CT molecular complexity index is 409. The zero-order chi connectivity index (χ0) is 12.0.